The molecule has 1 heterocycles. The van der Waals surface area contributed by atoms with Gasteiger partial charge >= 0.3 is 6.18 Å². The predicted molar refractivity (Wildman–Crippen MR) is 60.1 cm³/mol. The molecule has 94 valence electrons. The molecule has 1 aromatic carbocycles. The molecule has 0 aliphatic heterocycles. The van der Waals surface area contributed by atoms with Crippen LogP contribution in [-0.4, -0.2) is 23.6 Å². The third-order valence-electron chi connectivity index (χ3n) is 2.28. The summed E-state index contributed by atoms with van der Waals surface area (Å²) >= 11 is 0. The zero-order valence-corrected chi connectivity index (χ0v) is 9.16. The number of hydrogen-bond acceptors (Lipinski definition) is 2. The number of hydrogen-bond donors (Lipinski definition) is 1. The first kappa shape index (κ1) is 12.3. The van der Waals surface area contributed by atoms with E-state index in [-0.39, 0.29) is 5.69 Å². The smallest absolute Gasteiger partial charge is 0.342 e. The van der Waals surface area contributed by atoms with Gasteiger partial charge in [-0.15, -0.1) is 0 Å². The van der Waals surface area contributed by atoms with Crippen LogP contribution in [0.3, 0.4) is 0 Å². The van der Waals surface area contributed by atoms with Gasteiger partial charge < -0.3 is 5.32 Å². The number of fused-ring (bicyclic) bond motifs is 1. The molecule has 0 aliphatic carbocycles. The number of aromatic nitrogens is 1. The second kappa shape index (κ2) is 4.64. The Morgan fingerprint density at radius 1 is 1.17 bits per heavy atom. The van der Waals surface area contributed by atoms with Crippen LogP contribution in [-0.2, 0) is 0 Å². The average Bonchev–Trinajstić information content (AvgIpc) is 2.34. The average molecular weight is 254 g/mol. The van der Waals surface area contributed by atoms with Crippen molar-refractivity contribution >= 4 is 16.8 Å². The van der Waals surface area contributed by atoms with Crippen LogP contribution in [0.25, 0.3) is 10.9 Å². The highest BCUT2D eigenvalue weighted by molar-refractivity contribution is 5.94. The van der Waals surface area contributed by atoms with Gasteiger partial charge in [-0.05, 0) is 12.1 Å². The molecule has 0 unspecified atom stereocenters. The summed E-state index contributed by atoms with van der Waals surface area (Å²) in [6.07, 6.45) is -4.42. The molecule has 3 nitrogen and oxygen atoms in total. The Morgan fingerprint density at radius 2 is 1.89 bits per heavy atom. The number of amides is 1. The largest absolute Gasteiger partial charge is 0.405 e. The molecule has 2 rings (SSSR count). The Labute approximate surface area is 101 Å². The monoisotopic (exact) mass is 254 g/mol. The fourth-order valence-corrected chi connectivity index (χ4v) is 1.46. The lowest BCUT2D eigenvalue weighted by molar-refractivity contribution is -0.123. The van der Waals surface area contributed by atoms with Crippen LogP contribution in [0.1, 0.15) is 10.5 Å². The Hall–Kier alpha value is -2.11. The minimum Gasteiger partial charge on any atom is -0.342 e. The molecule has 1 amide bonds. The quantitative estimate of drug-likeness (QED) is 0.894. The maximum atomic E-state index is 11.9. The van der Waals surface area contributed by atoms with E-state index in [2.05, 4.69) is 4.98 Å². The van der Waals surface area contributed by atoms with E-state index in [0.717, 1.165) is 5.39 Å². The number of para-hydroxylation sites is 1. The van der Waals surface area contributed by atoms with E-state index in [0.29, 0.717) is 5.52 Å². The number of rotatable bonds is 2. The lowest BCUT2D eigenvalue weighted by atomic mass is 10.2. The third-order valence-corrected chi connectivity index (χ3v) is 2.28. The zero-order valence-electron chi connectivity index (χ0n) is 9.16. The summed E-state index contributed by atoms with van der Waals surface area (Å²) in [5, 5.41) is 2.60. The summed E-state index contributed by atoms with van der Waals surface area (Å²) in [6, 6.07) is 10.1. The van der Waals surface area contributed by atoms with Crippen molar-refractivity contribution in [2.24, 2.45) is 0 Å². The van der Waals surface area contributed by atoms with E-state index in [4.69, 9.17) is 0 Å². The van der Waals surface area contributed by atoms with Crippen molar-refractivity contribution in [1.82, 2.24) is 10.3 Å². The van der Waals surface area contributed by atoms with Gasteiger partial charge in [0.1, 0.15) is 12.2 Å². The molecule has 2 aromatic rings. The topological polar surface area (TPSA) is 42.0 Å². The number of pyridine rings is 1. The molecule has 0 radical (unpaired) electrons. The van der Waals surface area contributed by atoms with Gasteiger partial charge in [0, 0.05) is 5.39 Å². The molecule has 6 heteroatoms. The normalized spacial score (nSPS) is 11.5. The number of carbonyl (C=O) groups is 1. The number of halogens is 3. The zero-order chi connectivity index (χ0) is 13.2. The highest BCUT2D eigenvalue weighted by Gasteiger charge is 2.28. The molecule has 0 aliphatic rings. The van der Waals surface area contributed by atoms with Crippen molar-refractivity contribution in [2.75, 3.05) is 6.54 Å². The molecule has 0 bridgehead atoms. The minimum absolute atomic E-state index is 0.0297. The Bertz CT molecular complexity index is 581. The lowest BCUT2D eigenvalue weighted by Gasteiger charge is -2.08. The molecule has 0 atom stereocenters. The number of carbonyl (C=O) groups excluding carboxylic acids is 1. The van der Waals surface area contributed by atoms with Gasteiger partial charge in [0.05, 0.1) is 5.52 Å². The van der Waals surface area contributed by atoms with E-state index in [1.165, 1.54) is 6.07 Å². The van der Waals surface area contributed by atoms with Gasteiger partial charge in [0.15, 0.2) is 0 Å². The molecule has 0 saturated carbocycles. The van der Waals surface area contributed by atoms with E-state index >= 15 is 0 Å². The summed E-state index contributed by atoms with van der Waals surface area (Å²) in [5.74, 6) is -0.835. The summed E-state index contributed by atoms with van der Waals surface area (Å²) in [6.45, 7) is -1.36. The van der Waals surface area contributed by atoms with Crippen LogP contribution in [0.5, 0.6) is 0 Å². The maximum Gasteiger partial charge on any atom is 0.405 e. The fraction of sp³-hybridized carbons (Fsp3) is 0.167. The molecule has 0 fully saturated rings. The van der Waals surface area contributed by atoms with Crippen molar-refractivity contribution in [1.29, 1.82) is 0 Å². The van der Waals surface area contributed by atoms with Crippen molar-refractivity contribution in [2.45, 2.75) is 6.18 Å². The Balaban J connectivity index is 2.18. The number of nitrogens with one attached hydrogen (secondary N) is 1. The number of benzene rings is 1. The Morgan fingerprint density at radius 3 is 2.61 bits per heavy atom. The second-order valence-corrected chi connectivity index (χ2v) is 3.69. The third kappa shape index (κ3) is 2.97. The van der Waals surface area contributed by atoms with Crippen LogP contribution in [0, 0.1) is 0 Å². The summed E-state index contributed by atoms with van der Waals surface area (Å²) < 4.78 is 35.8. The van der Waals surface area contributed by atoms with Gasteiger partial charge in [0.2, 0.25) is 0 Å². The van der Waals surface area contributed by atoms with Crippen molar-refractivity contribution in [3.63, 3.8) is 0 Å². The molecule has 1 aromatic heterocycles. The van der Waals surface area contributed by atoms with Crippen LogP contribution >= 0.6 is 0 Å². The van der Waals surface area contributed by atoms with Crippen molar-refractivity contribution in [3.8, 4) is 0 Å². The highest BCUT2D eigenvalue weighted by atomic mass is 19.4. The molecular weight excluding hydrogens is 245 g/mol. The molecular formula is C12H9F3N2O. The van der Waals surface area contributed by atoms with Gasteiger partial charge in [-0.3, -0.25) is 4.79 Å². The first-order valence-electron chi connectivity index (χ1n) is 5.16. The minimum atomic E-state index is -4.42. The lowest BCUT2D eigenvalue weighted by Crippen LogP contribution is -2.34. The molecule has 0 spiro atoms. The molecule has 18 heavy (non-hydrogen) atoms. The highest BCUT2D eigenvalue weighted by Crippen LogP contribution is 2.14. The van der Waals surface area contributed by atoms with Crippen molar-refractivity contribution < 1.29 is 18.0 Å². The standard InChI is InChI=1S/C12H9F3N2O/c13-12(14,15)7-16-11(18)10-6-5-8-3-1-2-4-9(8)17-10/h1-6H,7H2,(H,16,18). The van der Waals surface area contributed by atoms with Gasteiger partial charge in [-0.25, -0.2) is 4.98 Å². The van der Waals surface area contributed by atoms with E-state index in [9.17, 15) is 18.0 Å². The van der Waals surface area contributed by atoms with Crippen LogP contribution < -0.4 is 5.32 Å². The Kier molecular flexibility index (Phi) is 3.18. The van der Waals surface area contributed by atoms with E-state index < -0.39 is 18.6 Å². The fourth-order valence-electron chi connectivity index (χ4n) is 1.46. The SMILES string of the molecule is O=C(NCC(F)(F)F)c1ccc2ccccc2n1. The number of alkyl halides is 3. The predicted octanol–water partition coefficient (Wildman–Crippen LogP) is 2.53. The van der Waals surface area contributed by atoms with Crippen LogP contribution in [0.2, 0.25) is 0 Å². The van der Waals surface area contributed by atoms with E-state index in [1.807, 2.05) is 6.07 Å². The van der Waals surface area contributed by atoms with Crippen LogP contribution in [0.4, 0.5) is 13.2 Å². The van der Waals surface area contributed by atoms with Gasteiger partial charge in [-0.1, -0.05) is 24.3 Å². The second-order valence-electron chi connectivity index (χ2n) is 3.69. The number of nitrogens with zero attached hydrogens (tertiary/aromatic N) is 1. The first-order valence-corrected chi connectivity index (χ1v) is 5.16. The summed E-state index contributed by atoms with van der Waals surface area (Å²) in [7, 11) is 0. The van der Waals surface area contributed by atoms with Gasteiger partial charge in [-0.2, -0.15) is 13.2 Å². The van der Waals surface area contributed by atoms with Gasteiger partial charge in [0.25, 0.3) is 5.91 Å². The summed E-state index contributed by atoms with van der Waals surface area (Å²) in [5.41, 5.74) is 0.537. The first-order chi connectivity index (χ1) is 8.46. The summed E-state index contributed by atoms with van der Waals surface area (Å²) in [4.78, 5) is 15.5. The molecule has 0 saturated heterocycles. The maximum absolute atomic E-state index is 11.9. The molecule has 1 N–H and O–H groups in total. The van der Waals surface area contributed by atoms with Crippen molar-refractivity contribution in [3.05, 3.63) is 42.1 Å². The van der Waals surface area contributed by atoms with E-state index in [1.54, 1.807) is 29.6 Å². The van der Waals surface area contributed by atoms with Crippen LogP contribution in [0.15, 0.2) is 36.4 Å².